The highest BCUT2D eigenvalue weighted by atomic mass is 35.5. The largest absolute Gasteiger partial charge is 0.489 e. The van der Waals surface area contributed by atoms with Crippen molar-refractivity contribution in [3.8, 4) is 17.3 Å². The van der Waals surface area contributed by atoms with Crippen LogP contribution in [0.1, 0.15) is 17.7 Å². The maximum Gasteiger partial charge on any atom is 0.435 e. The molecule has 0 aliphatic carbocycles. The fraction of sp³-hybridized carbons (Fsp3) is 0.235. The van der Waals surface area contributed by atoms with E-state index in [1.807, 2.05) is 0 Å². The summed E-state index contributed by atoms with van der Waals surface area (Å²) < 4.78 is 57.6. The van der Waals surface area contributed by atoms with Crippen molar-refractivity contribution in [2.24, 2.45) is 0 Å². The van der Waals surface area contributed by atoms with Gasteiger partial charge in [0.05, 0.1) is 17.8 Å². The van der Waals surface area contributed by atoms with Gasteiger partial charge in [0.25, 0.3) is 5.91 Å². The van der Waals surface area contributed by atoms with Crippen LogP contribution in [0.25, 0.3) is 5.69 Å². The summed E-state index contributed by atoms with van der Waals surface area (Å²) in [6.45, 7) is -2.13. The molecule has 14 nitrogen and oxygen atoms in total. The summed E-state index contributed by atoms with van der Waals surface area (Å²) >= 11 is 5.88. The number of nitrogens with one attached hydrogen (secondary N) is 2. The first kappa shape index (κ1) is 37.2. The van der Waals surface area contributed by atoms with Crippen LogP contribution in [0.15, 0.2) is 84.9 Å². The molecule has 0 saturated heterocycles. The van der Waals surface area contributed by atoms with Crippen molar-refractivity contribution < 1.29 is 56.5 Å². The van der Waals surface area contributed by atoms with E-state index >= 15 is 0 Å². The molecule has 3 aromatic carbocycles. The van der Waals surface area contributed by atoms with Gasteiger partial charge in [-0.3, -0.25) is 24.1 Å². The molecule has 2 atom stereocenters. The predicted octanol–water partition coefficient (Wildman–Crippen LogP) is 4.17. The number of ether oxygens (including phenoxy) is 3. The number of rotatable bonds is 13. The summed E-state index contributed by atoms with van der Waals surface area (Å²) in [6.07, 6.45) is -6.73. The minimum Gasteiger partial charge on any atom is -0.489 e. The van der Waals surface area contributed by atoms with Crippen LogP contribution in [0.4, 0.5) is 23.7 Å². The molecule has 272 valence electrons. The number of Topliss-reactive ketones (excluding diaryl/α,β-unsaturated/α-hetero) is 1. The number of carboxylic acid groups (broad SMARTS) is 1. The maximum atomic E-state index is 13.7. The number of alkyl carbamates (subject to hydrolysis) is 1. The predicted molar refractivity (Wildman–Crippen MR) is 176 cm³/mol. The van der Waals surface area contributed by atoms with E-state index in [2.05, 4.69) is 15.7 Å². The lowest BCUT2D eigenvalue weighted by Gasteiger charge is -2.25. The normalized spacial score (nSPS) is 14.7. The standard InChI is InChI=1S/C34H29ClF3N5O9/c35-21-10-12-22(13-11-21)43-30(15-28(41-43)34(36,37)38)51-19-26(44)23(14-31(46)47)39-29(45)16-42-25-8-4-5-9-27(25)50-18-24(32(42)48)40-33(49)52-17-20-6-2-1-3-7-20/h1-13,15,23-24H,14,16-19H2,(H,39,45)(H,40,49)(H,46,47)/t23-,24-/m0/s1. The molecule has 0 unspecified atom stereocenters. The first-order valence-electron chi connectivity index (χ1n) is 15.4. The highest BCUT2D eigenvalue weighted by molar-refractivity contribution is 6.30. The van der Waals surface area contributed by atoms with Crippen LogP contribution in [-0.2, 0) is 36.7 Å². The average Bonchev–Trinajstić information content (AvgIpc) is 3.51. The van der Waals surface area contributed by atoms with Gasteiger partial charge in [0.1, 0.15) is 37.6 Å². The molecule has 0 fully saturated rings. The number of halogens is 4. The number of carbonyl (C=O) groups excluding carboxylic acids is 4. The quantitative estimate of drug-likeness (QED) is 0.180. The van der Waals surface area contributed by atoms with Crippen LogP contribution >= 0.6 is 11.6 Å². The van der Waals surface area contributed by atoms with Crippen LogP contribution in [0, 0.1) is 0 Å². The zero-order chi connectivity index (χ0) is 37.4. The van der Waals surface area contributed by atoms with Crippen molar-refractivity contribution in [3.05, 3.63) is 101 Å². The Bertz CT molecular complexity index is 1940. The topological polar surface area (TPSA) is 178 Å². The Morgan fingerprint density at radius 2 is 1.71 bits per heavy atom. The number of benzene rings is 3. The molecule has 0 bridgehead atoms. The number of ketones is 1. The van der Waals surface area contributed by atoms with Crippen LogP contribution in [-0.4, -0.2) is 76.4 Å². The summed E-state index contributed by atoms with van der Waals surface area (Å²) in [5.41, 5.74) is -0.379. The molecule has 18 heteroatoms. The number of anilines is 1. The number of fused-ring (bicyclic) bond motifs is 1. The zero-order valence-electron chi connectivity index (χ0n) is 26.8. The molecule has 52 heavy (non-hydrogen) atoms. The molecule has 3 amide bonds. The van der Waals surface area contributed by atoms with Gasteiger partial charge in [0.2, 0.25) is 11.8 Å². The van der Waals surface area contributed by atoms with Crippen LogP contribution in [0.5, 0.6) is 11.6 Å². The number of hydrogen-bond acceptors (Lipinski definition) is 9. The number of aromatic nitrogens is 2. The Kier molecular flexibility index (Phi) is 11.6. The smallest absolute Gasteiger partial charge is 0.435 e. The molecular weight excluding hydrogens is 715 g/mol. The molecular formula is C34H29ClF3N5O9. The van der Waals surface area contributed by atoms with E-state index in [0.717, 1.165) is 9.58 Å². The van der Waals surface area contributed by atoms with Crippen LogP contribution in [0.3, 0.4) is 0 Å². The van der Waals surface area contributed by atoms with E-state index in [1.54, 1.807) is 42.5 Å². The summed E-state index contributed by atoms with van der Waals surface area (Å²) in [4.78, 5) is 65.4. The Labute approximate surface area is 298 Å². The highest BCUT2D eigenvalue weighted by Crippen LogP contribution is 2.33. The van der Waals surface area contributed by atoms with Gasteiger partial charge in [-0.1, -0.05) is 54.1 Å². The number of nitrogens with zero attached hydrogens (tertiary/aromatic N) is 3. The van der Waals surface area contributed by atoms with E-state index in [9.17, 15) is 42.3 Å². The Morgan fingerprint density at radius 1 is 1.02 bits per heavy atom. The number of carbonyl (C=O) groups is 5. The average molecular weight is 744 g/mol. The number of alkyl halides is 3. The minimum absolute atomic E-state index is 0.0869. The number of amides is 3. The summed E-state index contributed by atoms with van der Waals surface area (Å²) in [5.74, 6) is -4.59. The second-order valence-electron chi connectivity index (χ2n) is 11.2. The van der Waals surface area contributed by atoms with E-state index in [1.165, 1.54) is 36.4 Å². The van der Waals surface area contributed by atoms with Crippen molar-refractivity contribution in [1.29, 1.82) is 0 Å². The zero-order valence-corrected chi connectivity index (χ0v) is 27.6. The van der Waals surface area contributed by atoms with E-state index in [0.29, 0.717) is 16.7 Å². The number of carboxylic acids is 1. The van der Waals surface area contributed by atoms with Crippen molar-refractivity contribution in [2.75, 3.05) is 24.7 Å². The van der Waals surface area contributed by atoms with Gasteiger partial charge in [-0.25, -0.2) is 9.48 Å². The fourth-order valence-electron chi connectivity index (χ4n) is 4.95. The molecule has 1 aliphatic heterocycles. The lowest BCUT2D eigenvalue weighted by molar-refractivity contribution is -0.141. The molecule has 4 aromatic rings. The van der Waals surface area contributed by atoms with Crippen molar-refractivity contribution >= 4 is 46.9 Å². The maximum absolute atomic E-state index is 13.7. The molecule has 0 radical (unpaired) electrons. The fourth-order valence-corrected chi connectivity index (χ4v) is 5.07. The van der Waals surface area contributed by atoms with Crippen molar-refractivity contribution in [1.82, 2.24) is 20.4 Å². The molecule has 2 heterocycles. The minimum atomic E-state index is -4.87. The van der Waals surface area contributed by atoms with Gasteiger partial charge in [0.15, 0.2) is 18.1 Å². The third kappa shape index (κ3) is 9.57. The van der Waals surface area contributed by atoms with Gasteiger partial charge in [0, 0.05) is 11.1 Å². The summed E-state index contributed by atoms with van der Waals surface area (Å²) in [7, 11) is 0. The number of aliphatic carboxylic acids is 1. The third-order valence-electron chi connectivity index (χ3n) is 7.44. The summed E-state index contributed by atoms with van der Waals surface area (Å²) in [6, 6.07) is 18.0. The van der Waals surface area contributed by atoms with Crippen LogP contribution < -0.4 is 25.0 Å². The third-order valence-corrected chi connectivity index (χ3v) is 7.69. The van der Waals surface area contributed by atoms with Crippen molar-refractivity contribution in [3.63, 3.8) is 0 Å². The molecule has 0 spiro atoms. The Balaban J connectivity index is 1.28. The Hall–Kier alpha value is -6.10. The molecule has 0 saturated carbocycles. The van der Waals surface area contributed by atoms with Gasteiger partial charge < -0.3 is 30.0 Å². The lowest BCUT2D eigenvalue weighted by atomic mass is 10.1. The molecule has 3 N–H and O–H groups in total. The van der Waals surface area contributed by atoms with Crippen LogP contribution in [0.2, 0.25) is 5.02 Å². The second kappa shape index (κ2) is 16.3. The first-order chi connectivity index (χ1) is 24.8. The van der Waals surface area contributed by atoms with Gasteiger partial charge in [-0.2, -0.15) is 18.3 Å². The monoisotopic (exact) mass is 743 g/mol. The van der Waals surface area contributed by atoms with E-state index in [-0.39, 0.29) is 30.3 Å². The second-order valence-corrected chi connectivity index (χ2v) is 11.6. The van der Waals surface area contributed by atoms with Gasteiger partial charge in [-0.15, -0.1) is 0 Å². The lowest BCUT2D eigenvalue weighted by Crippen LogP contribution is -2.54. The molecule has 5 rings (SSSR count). The van der Waals surface area contributed by atoms with E-state index < -0.39 is 79.1 Å². The molecule has 1 aliphatic rings. The van der Waals surface area contributed by atoms with Crippen molar-refractivity contribution in [2.45, 2.75) is 31.3 Å². The first-order valence-corrected chi connectivity index (χ1v) is 15.8. The Morgan fingerprint density at radius 3 is 2.40 bits per heavy atom. The number of para-hydroxylation sites is 2. The number of hydrogen-bond donors (Lipinski definition) is 3. The summed E-state index contributed by atoms with van der Waals surface area (Å²) in [5, 5.41) is 18.0. The van der Waals surface area contributed by atoms with Gasteiger partial charge >= 0.3 is 18.2 Å². The SMILES string of the molecule is O=C(O)C[C@H](NC(=O)CN1C(=O)[C@@H](NC(=O)OCc2ccccc2)COc2ccccc21)C(=O)COc1cc(C(F)(F)F)nn1-c1ccc(Cl)cc1. The highest BCUT2D eigenvalue weighted by Gasteiger charge is 2.37. The van der Waals surface area contributed by atoms with Gasteiger partial charge in [-0.05, 0) is 42.0 Å². The molecule has 1 aromatic heterocycles. The van der Waals surface area contributed by atoms with E-state index in [4.69, 9.17) is 25.8 Å².